The molecule has 8 atom stereocenters. The highest BCUT2D eigenvalue weighted by molar-refractivity contribution is 5.25. The van der Waals surface area contributed by atoms with Crippen LogP contribution < -0.4 is 0 Å². The van der Waals surface area contributed by atoms with Crippen LogP contribution in [0.2, 0.25) is 0 Å². The second-order valence-corrected chi connectivity index (χ2v) is 11.7. The molecule has 2 heteroatoms. The van der Waals surface area contributed by atoms with Crippen molar-refractivity contribution in [3.8, 4) is 0 Å². The predicted octanol–water partition coefficient (Wildman–Crippen LogP) is 6.65. The lowest BCUT2D eigenvalue weighted by atomic mass is 9.47. The topological polar surface area (TPSA) is 40.5 Å². The summed E-state index contributed by atoms with van der Waals surface area (Å²) >= 11 is 0. The average molecular weight is 403 g/mol. The molecule has 0 amide bonds. The number of aliphatic hydroxyl groups excluding tert-OH is 2. The Morgan fingerprint density at radius 2 is 1.83 bits per heavy atom. The lowest BCUT2D eigenvalue weighted by Crippen LogP contribution is -2.50. The Morgan fingerprint density at radius 1 is 1.03 bits per heavy atom. The van der Waals surface area contributed by atoms with E-state index in [0.717, 1.165) is 49.4 Å². The van der Waals surface area contributed by atoms with Gasteiger partial charge in [-0.05, 0) is 105 Å². The van der Waals surface area contributed by atoms with E-state index in [1.807, 2.05) is 0 Å². The first kappa shape index (κ1) is 21.9. The van der Waals surface area contributed by atoms with Crippen molar-refractivity contribution in [1.82, 2.24) is 0 Å². The van der Waals surface area contributed by atoms with E-state index >= 15 is 0 Å². The van der Waals surface area contributed by atoms with E-state index in [1.54, 1.807) is 5.57 Å². The highest BCUT2D eigenvalue weighted by atomic mass is 16.3. The monoisotopic (exact) mass is 402 g/mol. The van der Waals surface area contributed by atoms with E-state index in [9.17, 15) is 10.2 Å². The van der Waals surface area contributed by atoms with Gasteiger partial charge in [-0.15, -0.1) is 0 Å². The maximum absolute atomic E-state index is 10.2. The van der Waals surface area contributed by atoms with Crippen LogP contribution in [0.4, 0.5) is 0 Å². The van der Waals surface area contributed by atoms with Gasteiger partial charge in [0.15, 0.2) is 0 Å². The summed E-state index contributed by atoms with van der Waals surface area (Å²) in [4.78, 5) is 0. The quantitative estimate of drug-likeness (QED) is 0.468. The van der Waals surface area contributed by atoms with Gasteiger partial charge in [0.2, 0.25) is 0 Å². The normalized spacial score (nSPS) is 45.1. The third-order valence-corrected chi connectivity index (χ3v) is 10.3. The molecule has 0 aromatic carbocycles. The minimum atomic E-state index is -0.0942. The molecule has 2 N–H and O–H groups in total. The summed E-state index contributed by atoms with van der Waals surface area (Å²) in [5, 5.41) is 20.4. The molecule has 0 heterocycles. The maximum Gasteiger partial charge on any atom is 0.0577 e. The fourth-order valence-electron chi connectivity index (χ4n) is 8.41. The van der Waals surface area contributed by atoms with Gasteiger partial charge in [-0.1, -0.05) is 51.7 Å². The van der Waals surface area contributed by atoms with Gasteiger partial charge in [-0.2, -0.15) is 0 Å². The van der Waals surface area contributed by atoms with Crippen LogP contribution in [0.15, 0.2) is 11.6 Å². The van der Waals surface area contributed by atoms with Gasteiger partial charge in [0.05, 0.1) is 12.2 Å². The molecular formula is C27H46O2. The average Bonchev–Trinajstić information content (AvgIpc) is 3.03. The number of hydrogen-bond donors (Lipinski definition) is 2. The Balaban J connectivity index is 1.40. The van der Waals surface area contributed by atoms with Crippen LogP contribution in [0.5, 0.6) is 0 Å². The Labute approximate surface area is 179 Å². The molecule has 0 aromatic heterocycles. The van der Waals surface area contributed by atoms with Crippen LogP contribution in [0, 0.1) is 34.5 Å². The zero-order valence-corrected chi connectivity index (χ0v) is 19.3. The van der Waals surface area contributed by atoms with Gasteiger partial charge < -0.3 is 10.2 Å². The molecule has 4 aliphatic rings. The largest absolute Gasteiger partial charge is 0.393 e. The minimum Gasteiger partial charge on any atom is -0.393 e. The standard InChI is InChI=1S/C27H46O2/c1-4-5-8-21(28)9-6-7-19-11-13-24-23-12-10-20-18-22(29)14-16-27(20,3)25(23)15-17-26(19,24)2/h10,19,21-25,28-29H,4-9,11-18H2,1-3H3. The molecule has 3 fully saturated rings. The van der Waals surface area contributed by atoms with E-state index in [-0.39, 0.29) is 12.2 Å². The van der Waals surface area contributed by atoms with Crippen molar-refractivity contribution in [1.29, 1.82) is 0 Å². The first-order valence-corrected chi connectivity index (χ1v) is 12.9. The van der Waals surface area contributed by atoms with Crippen molar-refractivity contribution in [2.75, 3.05) is 0 Å². The zero-order chi connectivity index (χ0) is 20.6. The van der Waals surface area contributed by atoms with Gasteiger partial charge in [0, 0.05) is 0 Å². The second-order valence-electron chi connectivity index (χ2n) is 11.7. The lowest BCUT2D eigenvalue weighted by Gasteiger charge is -2.58. The molecule has 0 radical (unpaired) electrons. The number of rotatable bonds is 7. The van der Waals surface area contributed by atoms with Crippen LogP contribution in [0.1, 0.15) is 111 Å². The molecule has 0 saturated heterocycles. The molecule has 4 rings (SSSR count). The molecule has 29 heavy (non-hydrogen) atoms. The van der Waals surface area contributed by atoms with Gasteiger partial charge in [0.25, 0.3) is 0 Å². The summed E-state index contributed by atoms with van der Waals surface area (Å²) in [6, 6.07) is 0. The van der Waals surface area contributed by atoms with E-state index in [4.69, 9.17) is 0 Å². The molecule has 0 aliphatic heterocycles. The van der Waals surface area contributed by atoms with Crippen LogP contribution in [-0.4, -0.2) is 22.4 Å². The second kappa shape index (κ2) is 8.65. The summed E-state index contributed by atoms with van der Waals surface area (Å²) in [6.07, 6.45) is 19.4. The van der Waals surface area contributed by atoms with Crippen LogP contribution in [-0.2, 0) is 0 Å². The minimum absolute atomic E-state index is 0.0702. The third-order valence-electron chi connectivity index (χ3n) is 10.3. The summed E-state index contributed by atoms with van der Waals surface area (Å²) in [7, 11) is 0. The fraction of sp³-hybridized carbons (Fsp3) is 0.926. The number of unbranched alkanes of at least 4 members (excludes halogenated alkanes) is 1. The molecular weight excluding hydrogens is 356 g/mol. The molecule has 166 valence electrons. The molecule has 2 nitrogen and oxygen atoms in total. The Hall–Kier alpha value is -0.340. The van der Waals surface area contributed by atoms with Crippen LogP contribution in [0.3, 0.4) is 0 Å². The first-order valence-electron chi connectivity index (χ1n) is 12.9. The van der Waals surface area contributed by atoms with Crippen molar-refractivity contribution < 1.29 is 10.2 Å². The summed E-state index contributed by atoms with van der Waals surface area (Å²) in [5.74, 6) is 3.50. The Bertz CT molecular complexity index is 597. The number of allylic oxidation sites excluding steroid dienone is 1. The van der Waals surface area contributed by atoms with E-state index < -0.39 is 0 Å². The van der Waals surface area contributed by atoms with Gasteiger partial charge >= 0.3 is 0 Å². The number of aliphatic hydroxyl groups is 2. The zero-order valence-electron chi connectivity index (χ0n) is 19.3. The van der Waals surface area contributed by atoms with Gasteiger partial charge in [-0.3, -0.25) is 0 Å². The van der Waals surface area contributed by atoms with Crippen molar-refractivity contribution in [3.63, 3.8) is 0 Å². The van der Waals surface area contributed by atoms with Crippen molar-refractivity contribution in [2.45, 2.75) is 123 Å². The number of hydrogen-bond acceptors (Lipinski definition) is 2. The lowest BCUT2D eigenvalue weighted by molar-refractivity contribution is -0.0511. The SMILES string of the molecule is CCCCC(O)CCCC1CCC2C3CC=C4CC(O)CCC4(C)C3CCC12C. The molecule has 0 aromatic rings. The fourth-order valence-corrected chi connectivity index (χ4v) is 8.41. The van der Waals surface area contributed by atoms with Crippen molar-refractivity contribution in [3.05, 3.63) is 11.6 Å². The third kappa shape index (κ3) is 3.98. The number of fused-ring (bicyclic) bond motifs is 5. The van der Waals surface area contributed by atoms with Gasteiger partial charge in [0.1, 0.15) is 0 Å². The molecule has 4 aliphatic carbocycles. The first-order chi connectivity index (χ1) is 13.9. The van der Waals surface area contributed by atoms with E-state index in [2.05, 4.69) is 26.8 Å². The summed E-state index contributed by atoms with van der Waals surface area (Å²) in [6.45, 7) is 7.38. The molecule has 0 spiro atoms. The predicted molar refractivity (Wildman–Crippen MR) is 121 cm³/mol. The van der Waals surface area contributed by atoms with E-state index in [1.165, 1.54) is 64.2 Å². The smallest absolute Gasteiger partial charge is 0.0577 e. The highest BCUT2D eigenvalue weighted by Gasteiger charge is 2.58. The van der Waals surface area contributed by atoms with Crippen molar-refractivity contribution in [2.24, 2.45) is 34.5 Å². The van der Waals surface area contributed by atoms with E-state index in [0.29, 0.717) is 10.8 Å². The molecule has 8 unspecified atom stereocenters. The summed E-state index contributed by atoms with van der Waals surface area (Å²) in [5.41, 5.74) is 2.49. The molecule has 0 bridgehead atoms. The Morgan fingerprint density at radius 3 is 2.62 bits per heavy atom. The Kier molecular flexibility index (Phi) is 6.53. The summed E-state index contributed by atoms with van der Waals surface area (Å²) < 4.78 is 0. The highest BCUT2D eigenvalue weighted by Crippen LogP contribution is 2.66. The van der Waals surface area contributed by atoms with Crippen molar-refractivity contribution >= 4 is 0 Å². The molecule has 3 saturated carbocycles. The van der Waals surface area contributed by atoms with Crippen LogP contribution in [0.25, 0.3) is 0 Å². The van der Waals surface area contributed by atoms with Gasteiger partial charge in [-0.25, -0.2) is 0 Å². The maximum atomic E-state index is 10.2. The van der Waals surface area contributed by atoms with Crippen LogP contribution >= 0.6 is 0 Å².